The van der Waals surface area contributed by atoms with Crippen LogP contribution in [0.25, 0.3) is 0 Å². The Balaban J connectivity index is 1.86. The summed E-state index contributed by atoms with van der Waals surface area (Å²) in [7, 11) is 0. The van der Waals surface area contributed by atoms with Crippen LogP contribution in [0, 0.1) is 0 Å². The Morgan fingerprint density at radius 2 is 2.18 bits per heavy atom. The van der Waals surface area contributed by atoms with E-state index in [0.29, 0.717) is 6.04 Å². The summed E-state index contributed by atoms with van der Waals surface area (Å²) in [6, 6.07) is 10.7. The molecular formula is C13H17N3O. The van der Waals surface area contributed by atoms with Gasteiger partial charge in [-0.3, -0.25) is 20.6 Å². The van der Waals surface area contributed by atoms with E-state index >= 15 is 0 Å². The van der Waals surface area contributed by atoms with Crippen LogP contribution in [0.2, 0.25) is 0 Å². The van der Waals surface area contributed by atoms with Crippen molar-refractivity contribution >= 4 is 11.7 Å². The molecule has 1 amide bonds. The highest BCUT2D eigenvalue weighted by Gasteiger charge is 2.17. The summed E-state index contributed by atoms with van der Waals surface area (Å²) in [6.45, 7) is 1.48. The highest BCUT2D eigenvalue weighted by atomic mass is 16.2. The molecule has 0 bridgehead atoms. The predicted octanol–water partition coefficient (Wildman–Crippen LogP) is 1.43. The van der Waals surface area contributed by atoms with Crippen LogP contribution in [0.3, 0.4) is 0 Å². The van der Waals surface area contributed by atoms with Gasteiger partial charge in [-0.2, -0.15) is 0 Å². The molecule has 0 fully saturated rings. The van der Waals surface area contributed by atoms with Crippen molar-refractivity contribution in [2.45, 2.75) is 32.2 Å². The second-order valence-electron chi connectivity index (χ2n) is 4.26. The van der Waals surface area contributed by atoms with Gasteiger partial charge in [0.25, 0.3) is 0 Å². The zero-order chi connectivity index (χ0) is 12.1. The smallest absolute Gasteiger partial charge is 0.235 e. The summed E-state index contributed by atoms with van der Waals surface area (Å²) in [5.74, 6) is 0.778. The van der Waals surface area contributed by atoms with E-state index in [1.54, 1.807) is 0 Å². The minimum Gasteiger partial charge on any atom is -0.286 e. The molecule has 0 aliphatic carbocycles. The number of nitrogens with one attached hydrogen (secondary N) is 2. The van der Waals surface area contributed by atoms with Gasteiger partial charge in [0.1, 0.15) is 5.84 Å². The van der Waals surface area contributed by atoms with Crippen LogP contribution in [0.15, 0.2) is 35.3 Å². The van der Waals surface area contributed by atoms with Crippen molar-refractivity contribution in [1.82, 2.24) is 10.9 Å². The van der Waals surface area contributed by atoms with Crippen molar-refractivity contribution in [2.75, 3.05) is 0 Å². The Bertz CT molecular complexity index is 414. The lowest BCUT2D eigenvalue weighted by molar-refractivity contribution is -0.119. The third-order valence-electron chi connectivity index (χ3n) is 2.75. The molecule has 1 aliphatic rings. The second-order valence-corrected chi connectivity index (χ2v) is 4.26. The highest BCUT2D eigenvalue weighted by molar-refractivity contribution is 5.86. The molecule has 1 aromatic rings. The average molecular weight is 231 g/mol. The van der Waals surface area contributed by atoms with Crippen LogP contribution in [0.4, 0.5) is 0 Å². The summed E-state index contributed by atoms with van der Waals surface area (Å²) in [5.41, 5.74) is 6.71. The summed E-state index contributed by atoms with van der Waals surface area (Å²) in [5, 5.41) is 0. The van der Waals surface area contributed by atoms with Gasteiger partial charge in [-0.1, -0.05) is 30.3 Å². The molecule has 4 heteroatoms. The van der Waals surface area contributed by atoms with Gasteiger partial charge in [0.05, 0.1) is 6.04 Å². The molecule has 17 heavy (non-hydrogen) atoms. The zero-order valence-corrected chi connectivity index (χ0v) is 9.94. The number of carbonyl (C=O) groups is 1. The number of hydrogen-bond acceptors (Lipinski definition) is 3. The van der Waals surface area contributed by atoms with E-state index in [9.17, 15) is 4.79 Å². The van der Waals surface area contributed by atoms with Gasteiger partial charge in [0.2, 0.25) is 5.91 Å². The first-order valence-electron chi connectivity index (χ1n) is 5.87. The Morgan fingerprint density at radius 1 is 1.41 bits per heavy atom. The molecule has 1 heterocycles. The van der Waals surface area contributed by atoms with E-state index in [0.717, 1.165) is 25.1 Å². The van der Waals surface area contributed by atoms with E-state index in [1.165, 1.54) is 12.5 Å². The van der Waals surface area contributed by atoms with E-state index < -0.39 is 0 Å². The van der Waals surface area contributed by atoms with Crippen LogP contribution in [-0.2, 0) is 11.2 Å². The second kappa shape index (κ2) is 5.48. The minimum absolute atomic E-state index is 0.0980. The maximum atomic E-state index is 10.7. The Hall–Kier alpha value is -1.84. The van der Waals surface area contributed by atoms with Gasteiger partial charge >= 0.3 is 0 Å². The first-order valence-corrected chi connectivity index (χ1v) is 5.87. The average Bonchev–Trinajstić information content (AvgIpc) is 2.75. The fourth-order valence-electron chi connectivity index (χ4n) is 1.94. The number of carbonyl (C=O) groups excluding carboxylic acids is 1. The summed E-state index contributed by atoms with van der Waals surface area (Å²) in [4.78, 5) is 15.3. The fourth-order valence-corrected chi connectivity index (χ4v) is 1.94. The third-order valence-corrected chi connectivity index (χ3v) is 2.75. The number of amidine groups is 1. The summed E-state index contributed by atoms with van der Waals surface area (Å²) in [6.07, 6.45) is 2.90. The topological polar surface area (TPSA) is 53.5 Å². The van der Waals surface area contributed by atoms with Crippen molar-refractivity contribution < 1.29 is 4.79 Å². The molecule has 2 rings (SSSR count). The number of nitrogens with zero attached hydrogens (tertiary/aromatic N) is 1. The summed E-state index contributed by atoms with van der Waals surface area (Å²) >= 11 is 0. The molecule has 90 valence electrons. The Morgan fingerprint density at radius 3 is 2.88 bits per heavy atom. The van der Waals surface area contributed by atoms with Gasteiger partial charge in [-0.15, -0.1) is 0 Å². The molecule has 0 aromatic heterocycles. The SMILES string of the molecule is CC(=O)NNC1=NC(Cc2ccccc2)CC1. The van der Waals surface area contributed by atoms with Crippen LogP contribution in [-0.4, -0.2) is 17.8 Å². The molecule has 1 unspecified atom stereocenters. The number of amides is 1. The first-order chi connectivity index (χ1) is 8.24. The van der Waals surface area contributed by atoms with Crippen molar-refractivity contribution in [3.63, 3.8) is 0 Å². The van der Waals surface area contributed by atoms with Gasteiger partial charge in [-0.05, 0) is 18.4 Å². The van der Waals surface area contributed by atoms with Crippen LogP contribution in [0.1, 0.15) is 25.3 Å². The largest absolute Gasteiger partial charge is 0.286 e. The molecule has 0 spiro atoms. The van der Waals surface area contributed by atoms with Crippen LogP contribution in [0.5, 0.6) is 0 Å². The number of hydrazine groups is 1. The maximum absolute atomic E-state index is 10.7. The molecular weight excluding hydrogens is 214 g/mol. The van der Waals surface area contributed by atoms with Gasteiger partial charge in [0.15, 0.2) is 0 Å². The molecule has 1 aromatic carbocycles. The lowest BCUT2D eigenvalue weighted by Gasteiger charge is -2.06. The maximum Gasteiger partial charge on any atom is 0.235 e. The van der Waals surface area contributed by atoms with Crippen molar-refractivity contribution in [1.29, 1.82) is 0 Å². The number of hydrogen-bond donors (Lipinski definition) is 2. The van der Waals surface area contributed by atoms with Gasteiger partial charge in [-0.25, -0.2) is 0 Å². The highest BCUT2D eigenvalue weighted by Crippen LogP contribution is 2.16. The summed E-state index contributed by atoms with van der Waals surface area (Å²) < 4.78 is 0. The van der Waals surface area contributed by atoms with E-state index in [-0.39, 0.29) is 5.91 Å². The lowest BCUT2D eigenvalue weighted by atomic mass is 10.0. The van der Waals surface area contributed by atoms with E-state index in [1.807, 2.05) is 18.2 Å². The quantitative estimate of drug-likeness (QED) is 0.757. The molecule has 4 nitrogen and oxygen atoms in total. The normalized spacial score (nSPS) is 18.6. The Labute approximate surface area is 101 Å². The van der Waals surface area contributed by atoms with E-state index in [2.05, 4.69) is 28.0 Å². The minimum atomic E-state index is -0.0980. The monoisotopic (exact) mass is 231 g/mol. The van der Waals surface area contributed by atoms with Gasteiger partial charge < -0.3 is 0 Å². The van der Waals surface area contributed by atoms with Crippen molar-refractivity contribution in [3.8, 4) is 0 Å². The predicted molar refractivity (Wildman–Crippen MR) is 67.6 cm³/mol. The van der Waals surface area contributed by atoms with Crippen molar-refractivity contribution in [3.05, 3.63) is 35.9 Å². The number of benzene rings is 1. The molecule has 0 radical (unpaired) electrons. The standard InChI is InChI=1S/C13H17N3O/c1-10(17)15-16-13-8-7-12(14-13)9-11-5-3-2-4-6-11/h2-6,12H,7-9H2,1H3,(H,14,16)(H,15,17). The first kappa shape index (κ1) is 11.6. The lowest BCUT2D eigenvalue weighted by Crippen LogP contribution is -2.39. The molecule has 1 atom stereocenters. The molecule has 2 N–H and O–H groups in total. The molecule has 0 saturated carbocycles. The zero-order valence-electron chi connectivity index (χ0n) is 9.94. The van der Waals surface area contributed by atoms with Crippen molar-refractivity contribution in [2.24, 2.45) is 4.99 Å². The molecule has 0 saturated heterocycles. The van der Waals surface area contributed by atoms with Crippen LogP contribution >= 0.6 is 0 Å². The van der Waals surface area contributed by atoms with Crippen LogP contribution < -0.4 is 10.9 Å². The van der Waals surface area contributed by atoms with E-state index in [4.69, 9.17) is 0 Å². The fraction of sp³-hybridized carbons (Fsp3) is 0.385. The Kier molecular flexibility index (Phi) is 3.75. The van der Waals surface area contributed by atoms with Gasteiger partial charge in [0, 0.05) is 13.3 Å². The molecule has 1 aliphatic heterocycles. The third kappa shape index (κ3) is 3.59. The number of rotatable bonds is 2. The number of aliphatic imine (C=N–C) groups is 1.